The van der Waals surface area contributed by atoms with Gasteiger partial charge in [-0.15, -0.1) is 0 Å². The van der Waals surface area contributed by atoms with E-state index in [9.17, 15) is 21.2 Å². The zero-order chi connectivity index (χ0) is 16.1. The average molecular weight is 347 g/mol. The Labute approximate surface area is 130 Å². The summed E-state index contributed by atoms with van der Waals surface area (Å²) in [7, 11) is -6.99. The van der Waals surface area contributed by atoms with Crippen LogP contribution >= 0.6 is 0 Å². The molecule has 0 bridgehead atoms. The molecule has 3 rings (SSSR count). The number of sulfone groups is 1. The quantitative estimate of drug-likeness (QED) is 0.827. The summed E-state index contributed by atoms with van der Waals surface area (Å²) in [6, 6.07) is 2.93. The SMILES string of the molecule is Cc1cc(F)ccc1S(=O)(=O)N(C1CC1)[C@@H]1CCS(=O)(=O)C1. The van der Waals surface area contributed by atoms with Crippen molar-refractivity contribution >= 4 is 19.9 Å². The Morgan fingerprint density at radius 1 is 1.18 bits per heavy atom. The van der Waals surface area contributed by atoms with Gasteiger partial charge in [0.2, 0.25) is 10.0 Å². The lowest BCUT2D eigenvalue weighted by atomic mass is 10.2. The van der Waals surface area contributed by atoms with Crippen LogP contribution in [0, 0.1) is 12.7 Å². The number of nitrogens with zero attached hydrogens (tertiary/aromatic N) is 1. The van der Waals surface area contributed by atoms with Gasteiger partial charge in [0.15, 0.2) is 9.84 Å². The molecule has 1 aliphatic carbocycles. The first-order valence-electron chi connectivity index (χ1n) is 7.21. The van der Waals surface area contributed by atoms with Crippen LogP contribution in [0.15, 0.2) is 23.1 Å². The highest BCUT2D eigenvalue weighted by molar-refractivity contribution is 7.92. The molecule has 1 aromatic carbocycles. The van der Waals surface area contributed by atoms with Gasteiger partial charge in [-0.1, -0.05) is 0 Å². The first-order valence-corrected chi connectivity index (χ1v) is 10.5. The highest BCUT2D eigenvalue weighted by Gasteiger charge is 2.46. The molecule has 22 heavy (non-hydrogen) atoms. The molecule has 0 radical (unpaired) electrons. The van der Waals surface area contributed by atoms with E-state index in [1.165, 1.54) is 16.4 Å². The second-order valence-electron chi connectivity index (χ2n) is 6.03. The zero-order valence-electron chi connectivity index (χ0n) is 12.2. The predicted octanol–water partition coefficient (Wildman–Crippen LogP) is 1.47. The molecule has 122 valence electrons. The van der Waals surface area contributed by atoms with Crippen molar-refractivity contribution in [1.29, 1.82) is 0 Å². The molecular weight excluding hydrogens is 329 g/mol. The van der Waals surface area contributed by atoms with Gasteiger partial charge in [-0.2, -0.15) is 4.31 Å². The predicted molar refractivity (Wildman–Crippen MR) is 80.2 cm³/mol. The van der Waals surface area contributed by atoms with Crippen molar-refractivity contribution < 1.29 is 21.2 Å². The van der Waals surface area contributed by atoms with Crippen LogP contribution in [-0.2, 0) is 19.9 Å². The molecule has 0 amide bonds. The van der Waals surface area contributed by atoms with Gasteiger partial charge in [-0.05, 0) is 49.9 Å². The third kappa shape index (κ3) is 2.91. The monoisotopic (exact) mass is 347 g/mol. The van der Waals surface area contributed by atoms with Gasteiger partial charge in [0.05, 0.1) is 16.4 Å². The Hall–Kier alpha value is -0.990. The molecule has 0 spiro atoms. The number of sulfonamides is 1. The van der Waals surface area contributed by atoms with Crippen molar-refractivity contribution in [3.05, 3.63) is 29.6 Å². The lowest BCUT2D eigenvalue weighted by Crippen LogP contribution is -2.42. The Kier molecular flexibility index (Phi) is 3.81. The summed E-state index contributed by atoms with van der Waals surface area (Å²) in [5.41, 5.74) is 0.339. The molecule has 1 aromatic rings. The molecule has 1 atom stereocenters. The maximum atomic E-state index is 13.2. The number of hydrogen-bond donors (Lipinski definition) is 0. The molecule has 1 saturated heterocycles. The van der Waals surface area contributed by atoms with Gasteiger partial charge in [0.25, 0.3) is 0 Å². The van der Waals surface area contributed by atoms with Crippen LogP contribution in [0.5, 0.6) is 0 Å². The summed E-state index contributed by atoms with van der Waals surface area (Å²) >= 11 is 0. The number of aryl methyl sites for hydroxylation is 1. The van der Waals surface area contributed by atoms with E-state index in [0.29, 0.717) is 12.0 Å². The van der Waals surface area contributed by atoms with Crippen molar-refractivity contribution in [2.45, 2.75) is 43.2 Å². The molecule has 1 aliphatic heterocycles. The molecule has 0 N–H and O–H groups in total. The van der Waals surface area contributed by atoms with Crippen LogP contribution in [0.1, 0.15) is 24.8 Å². The van der Waals surface area contributed by atoms with Gasteiger partial charge >= 0.3 is 0 Å². The summed E-state index contributed by atoms with van der Waals surface area (Å²) in [4.78, 5) is 0.0603. The minimum Gasteiger partial charge on any atom is -0.229 e. The maximum Gasteiger partial charge on any atom is 0.243 e. The Morgan fingerprint density at radius 2 is 1.86 bits per heavy atom. The van der Waals surface area contributed by atoms with E-state index in [-0.39, 0.29) is 22.4 Å². The zero-order valence-corrected chi connectivity index (χ0v) is 13.8. The van der Waals surface area contributed by atoms with Crippen molar-refractivity contribution in [3.8, 4) is 0 Å². The fraction of sp³-hybridized carbons (Fsp3) is 0.571. The van der Waals surface area contributed by atoms with E-state index in [2.05, 4.69) is 0 Å². The molecule has 2 aliphatic rings. The molecule has 5 nitrogen and oxygen atoms in total. The van der Waals surface area contributed by atoms with Crippen LogP contribution in [0.3, 0.4) is 0 Å². The van der Waals surface area contributed by atoms with E-state index in [1.807, 2.05) is 0 Å². The second-order valence-corrected chi connectivity index (χ2v) is 10.1. The third-order valence-corrected chi connectivity index (χ3v) is 8.08. The number of benzene rings is 1. The number of rotatable bonds is 4. The fourth-order valence-electron chi connectivity index (χ4n) is 3.01. The van der Waals surface area contributed by atoms with E-state index in [1.54, 1.807) is 6.92 Å². The standard InChI is InChI=1S/C14H18FNO4S2/c1-10-8-11(15)2-5-14(10)22(19,20)16(12-3-4-12)13-6-7-21(17,18)9-13/h2,5,8,12-13H,3-4,6-7,9H2,1H3/t13-/m1/s1. The van der Waals surface area contributed by atoms with E-state index in [0.717, 1.165) is 18.9 Å². The normalized spacial score (nSPS) is 24.8. The minimum absolute atomic E-state index is 0.0266. The molecule has 0 unspecified atom stereocenters. The highest BCUT2D eigenvalue weighted by atomic mass is 32.2. The number of halogens is 1. The third-order valence-electron chi connectivity index (χ3n) is 4.17. The van der Waals surface area contributed by atoms with Crippen molar-refractivity contribution in [1.82, 2.24) is 4.31 Å². The molecular formula is C14H18FNO4S2. The summed E-state index contributed by atoms with van der Waals surface area (Å²) in [6.45, 7) is 1.55. The largest absolute Gasteiger partial charge is 0.243 e. The van der Waals surface area contributed by atoms with Gasteiger partial charge in [-0.3, -0.25) is 0 Å². The molecule has 1 heterocycles. The van der Waals surface area contributed by atoms with E-state index in [4.69, 9.17) is 0 Å². The van der Waals surface area contributed by atoms with Crippen molar-refractivity contribution in [3.63, 3.8) is 0 Å². The van der Waals surface area contributed by atoms with E-state index >= 15 is 0 Å². The van der Waals surface area contributed by atoms with Crippen LogP contribution in [0.2, 0.25) is 0 Å². The fourth-order valence-corrected chi connectivity index (χ4v) is 6.93. The Morgan fingerprint density at radius 3 is 2.36 bits per heavy atom. The van der Waals surface area contributed by atoms with Crippen molar-refractivity contribution in [2.75, 3.05) is 11.5 Å². The van der Waals surface area contributed by atoms with Crippen LogP contribution in [0.25, 0.3) is 0 Å². The van der Waals surface area contributed by atoms with E-state index < -0.39 is 31.7 Å². The molecule has 2 fully saturated rings. The molecule has 8 heteroatoms. The minimum atomic E-state index is -3.82. The summed E-state index contributed by atoms with van der Waals surface area (Å²) < 4.78 is 63.9. The van der Waals surface area contributed by atoms with Crippen LogP contribution in [-0.4, -0.2) is 44.7 Å². The smallest absolute Gasteiger partial charge is 0.229 e. The topological polar surface area (TPSA) is 71.5 Å². The maximum absolute atomic E-state index is 13.2. The number of hydrogen-bond acceptors (Lipinski definition) is 4. The second kappa shape index (κ2) is 5.28. The first kappa shape index (κ1) is 15.9. The highest BCUT2D eigenvalue weighted by Crippen LogP contribution is 2.37. The summed E-state index contributed by atoms with van der Waals surface area (Å²) in [6.07, 6.45) is 1.82. The van der Waals surface area contributed by atoms with Gasteiger partial charge in [0.1, 0.15) is 5.82 Å². The van der Waals surface area contributed by atoms with Gasteiger partial charge in [0, 0.05) is 12.1 Å². The van der Waals surface area contributed by atoms with Crippen LogP contribution < -0.4 is 0 Å². The van der Waals surface area contributed by atoms with Gasteiger partial charge in [-0.25, -0.2) is 21.2 Å². The van der Waals surface area contributed by atoms with Crippen molar-refractivity contribution in [2.24, 2.45) is 0 Å². The first-order chi connectivity index (χ1) is 10.2. The Bertz CT molecular complexity index is 800. The Balaban J connectivity index is 2.01. The summed E-state index contributed by atoms with van der Waals surface area (Å²) in [5, 5.41) is 0. The van der Waals surface area contributed by atoms with Gasteiger partial charge < -0.3 is 0 Å². The average Bonchev–Trinajstić information content (AvgIpc) is 3.13. The summed E-state index contributed by atoms with van der Waals surface area (Å²) in [5.74, 6) is -0.584. The molecule has 1 saturated carbocycles. The lowest BCUT2D eigenvalue weighted by molar-refractivity contribution is 0.332. The lowest BCUT2D eigenvalue weighted by Gasteiger charge is -2.28. The molecule has 0 aromatic heterocycles. The van der Waals surface area contributed by atoms with Crippen LogP contribution in [0.4, 0.5) is 4.39 Å².